The van der Waals surface area contributed by atoms with Crippen LogP contribution in [0.1, 0.15) is 18.4 Å². The second kappa shape index (κ2) is 10.5. The number of nitrogens with one attached hydrogen (secondary N) is 2. The summed E-state index contributed by atoms with van der Waals surface area (Å²) in [6.07, 6.45) is 6.25. The van der Waals surface area contributed by atoms with Gasteiger partial charge in [-0.1, -0.05) is 30.3 Å². The Hall–Kier alpha value is -2.83. The zero-order valence-corrected chi connectivity index (χ0v) is 16.6. The first-order valence-electron chi connectivity index (χ1n) is 9.98. The molecule has 0 radical (unpaired) electrons. The third-order valence-electron chi connectivity index (χ3n) is 5.01. The quantitative estimate of drug-likeness (QED) is 0.392. The van der Waals surface area contributed by atoms with Crippen LogP contribution in [-0.2, 0) is 17.8 Å². The number of aliphatic imine (C=N–C) groups is 1. The molecule has 7 heteroatoms. The number of carbonyl (C=O) groups is 1. The topological polar surface area (TPSA) is 74.5 Å². The molecule has 2 N–H and O–H groups in total. The predicted octanol–water partition coefficient (Wildman–Crippen LogP) is 1.53. The van der Waals surface area contributed by atoms with E-state index in [2.05, 4.69) is 32.9 Å². The number of guanidine groups is 1. The SMILES string of the molecule is CN=C(NCCCn1cccn1)NCC1CC(=O)N(CCc2ccccc2)C1. The molecular weight excluding hydrogens is 352 g/mol. The Morgan fingerprint density at radius 1 is 1.21 bits per heavy atom. The lowest BCUT2D eigenvalue weighted by Gasteiger charge is -2.18. The van der Waals surface area contributed by atoms with Crippen molar-refractivity contribution in [3.05, 3.63) is 54.4 Å². The summed E-state index contributed by atoms with van der Waals surface area (Å²) >= 11 is 0. The molecule has 1 aromatic heterocycles. The molecule has 1 aliphatic rings. The Balaban J connectivity index is 1.33. The molecule has 1 aromatic carbocycles. The predicted molar refractivity (Wildman–Crippen MR) is 111 cm³/mol. The smallest absolute Gasteiger partial charge is 0.223 e. The first-order valence-corrected chi connectivity index (χ1v) is 9.98. The van der Waals surface area contributed by atoms with Crippen LogP contribution in [0.25, 0.3) is 0 Å². The largest absolute Gasteiger partial charge is 0.356 e. The summed E-state index contributed by atoms with van der Waals surface area (Å²) in [6, 6.07) is 12.3. The number of aryl methyl sites for hydroxylation is 1. The van der Waals surface area contributed by atoms with Crippen LogP contribution >= 0.6 is 0 Å². The number of carbonyl (C=O) groups excluding carboxylic acids is 1. The monoisotopic (exact) mass is 382 g/mol. The Morgan fingerprint density at radius 3 is 2.82 bits per heavy atom. The van der Waals surface area contributed by atoms with Crippen molar-refractivity contribution < 1.29 is 4.79 Å². The second-order valence-electron chi connectivity index (χ2n) is 7.15. The normalized spacial score (nSPS) is 17.2. The van der Waals surface area contributed by atoms with E-state index >= 15 is 0 Å². The van der Waals surface area contributed by atoms with Crippen molar-refractivity contribution in [2.45, 2.75) is 25.8 Å². The van der Waals surface area contributed by atoms with Crippen molar-refractivity contribution in [2.24, 2.45) is 10.9 Å². The molecule has 7 nitrogen and oxygen atoms in total. The summed E-state index contributed by atoms with van der Waals surface area (Å²) < 4.78 is 1.92. The highest BCUT2D eigenvalue weighted by molar-refractivity contribution is 5.80. The highest BCUT2D eigenvalue weighted by Gasteiger charge is 2.29. The van der Waals surface area contributed by atoms with Gasteiger partial charge < -0.3 is 15.5 Å². The summed E-state index contributed by atoms with van der Waals surface area (Å²) in [4.78, 5) is 18.5. The number of hydrogen-bond acceptors (Lipinski definition) is 3. The average molecular weight is 383 g/mol. The van der Waals surface area contributed by atoms with Crippen molar-refractivity contribution in [3.63, 3.8) is 0 Å². The van der Waals surface area contributed by atoms with Crippen LogP contribution in [0.2, 0.25) is 0 Å². The molecule has 1 amide bonds. The first kappa shape index (κ1) is 19.9. The van der Waals surface area contributed by atoms with Crippen molar-refractivity contribution in [1.82, 2.24) is 25.3 Å². The van der Waals surface area contributed by atoms with E-state index < -0.39 is 0 Å². The van der Waals surface area contributed by atoms with Crippen LogP contribution in [0.15, 0.2) is 53.8 Å². The fraction of sp³-hybridized carbons (Fsp3) is 0.476. The fourth-order valence-corrected chi connectivity index (χ4v) is 3.46. The van der Waals surface area contributed by atoms with Gasteiger partial charge in [0.2, 0.25) is 5.91 Å². The molecule has 1 saturated heterocycles. The molecule has 0 bridgehead atoms. The molecule has 2 aromatic rings. The molecule has 2 heterocycles. The number of amides is 1. The van der Waals surface area contributed by atoms with Gasteiger partial charge in [-0.15, -0.1) is 0 Å². The van der Waals surface area contributed by atoms with Gasteiger partial charge in [-0.2, -0.15) is 5.10 Å². The lowest BCUT2D eigenvalue weighted by Crippen LogP contribution is -2.40. The number of aromatic nitrogens is 2. The molecule has 1 atom stereocenters. The number of benzene rings is 1. The molecule has 0 aliphatic carbocycles. The maximum atomic E-state index is 12.3. The Morgan fingerprint density at radius 2 is 2.07 bits per heavy atom. The van der Waals surface area contributed by atoms with E-state index in [1.54, 1.807) is 13.2 Å². The van der Waals surface area contributed by atoms with Gasteiger partial charge in [-0.05, 0) is 24.5 Å². The van der Waals surface area contributed by atoms with E-state index in [-0.39, 0.29) is 5.91 Å². The van der Waals surface area contributed by atoms with E-state index in [4.69, 9.17) is 0 Å². The highest BCUT2D eigenvalue weighted by Crippen LogP contribution is 2.17. The van der Waals surface area contributed by atoms with E-state index in [0.29, 0.717) is 12.3 Å². The summed E-state index contributed by atoms with van der Waals surface area (Å²) in [6.45, 7) is 4.07. The van der Waals surface area contributed by atoms with Gasteiger partial charge in [0.05, 0.1) is 0 Å². The van der Waals surface area contributed by atoms with Crippen LogP contribution in [0.3, 0.4) is 0 Å². The maximum Gasteiger partial charge on any atom is 0.223 e. The fourth-order valence-electron chi connectivity index (χ4n) is 3.46. The molecule has 150 valence electrons. The van der Waals surface area contributed by atoms with Crippen LogP contribution in [0, 0.1) is 5.92 Å². The standard InChI is InChI=1S/C21H30N6O/c1-22-21(23-10-5-12-27-13-6-11-25-27)24-16-19-15-20(28)26(17-19)14-9-18-7-3-2-4-8-18/h2-4,6-8,11,13,19H,5,9-10,12,14-17H2,1H3,(H2,22,23,24). The third kappa shape index (κ3) is 6.11. The first-order chi connectivity index (χ1) is 13.7. The Kier molecular flexibility index (Phi) is 7.46. The van der Waals surface area contributed by atoms with E-state index in [1.807, 2.05) is 40.0 Å². The molecule has 0 spiro atoms. The minimum Gasteiger partial charge on any atom is -0.356 e. The van der Waals surface area contributed by atoms with Gasteiger partial charge in [0.1, 0.15) is 0 Å². The molecular formula is C21H30N6O. The highest BCUT2D eigenvalue weighted by atomic mass is 16.2. The minimum absolute atomic E-state index is 0.255. The van der Waals surface area contributed by atoms with Crippen molar-refractivity contribution >= 4 is 11.9 Å². The number of likely N-dealkylation sites (tertiary alicyclic amines) is 1. The van der Waals surface area contributed by atoms with Gasteiger partial charge in [0.25, 0.3) is 0 Å². The van der Waals surface area contributed by atoms with Crippen molar-refractivity contribution in [2.75, 3.05) is 33.2 Å². The summed E-state index contributed by atoms with van der Waals surface area (Å²) in [5.74, 6) is 1.37. The molecule has 1 unspecified atom stereocenters. The summed E-state index contributed by atoms with van der Waals surface area (Å²) in [7, 11) is 1.77. The Labute approximate surface area is 166 Å². The van der Waals surface area contributed by atoms with Gasteiger partial charge in [-0.25, -0.2) is 0 Å². The summed E-state index contributed by atoms with van der Waals surface area (Å²) in [5, 5.41) is 10.9. The molecule has 0 saturated carbocycles. The summed E-state index contributed by atoms with van der Waals surface area (Å²) in [5.41, 5.74) is 1.27. The van der Waals surface area contributed by atoms with Gasteiger partial charge >= 0.3 is 0 Å². The lowest BCUT2D eigenvalue weighted by atomic mass is 10.1. The van der Waals surface area contributed by atoms with Gasteiger partial charge in [0, 0.05) is 64.5 Å². The van der Waals surface area contributed by atoms with Crippen LogP contribution in [-0.4, -0.2) is 59.8 Å². The van der Waals surface area contributed by atoms with E-state index in [9.17, 15) is 4.79 Å². The van der Waals surface area contributed by atoms with Crippen molar-refractivity contribution in [1.29, 1.82) is 0 Å². The molecule has 1 fully saturated rings. The number of rotatable bonds is 9. The molecule has 3 rings (SSSR count). The second-order valence-corrected chi connectivity index (χ2v) is 7.15. The van der Waals surface area contributed by atoms with E-state index in [0.717, 1.165) is 51.5 Å². The Bertz CT molecular complexity index is 744. The van der Waals surface area contributed by atoms with Gasteiger partial charge in [0.15, 0.2) is 5.96 Å². The van der Waals surface area contributed by atoms with Gasteiger partial charge in [-0.3, -0.25) is 14.5 Å². The maximum absolute atomic E-state index is 12.3. The molecule has 28 heavy (non-hydrogen) atoms. The average Bonchev–Trinajstić information content (AvgIpc) is 3.36. The lowest BCUT2D eigenvalue weighted by molar-refractivity contribution is -0.127. The van der Waals surface area contributed by atoms with Crippen LogP contribution in [0.5, 0.6) is 0 Å². The van der Waals surface area contributed by atoms with Crippen molar-refractivity contribution in [3.8, 4) is 0 Å². The van der Waals surface area contributed by atoms with E-state index in [1.165, 1.54) is 5.56 Å². The third-order valence-corrected chi connectivity index (χ3v) is 5.01. The minimum atomic E-state index is 0.255. The van der Waals surface area contributed by atoms with Crippen LogP contribution < -0.4 is 10.6 Å². The zero-order chi connectivity index (χ0) is 19.6. The zero-order valence-electron chi connectivity index (χ0n) is 16.6. The number of nitrogens with zero attached hydrogens (tertiary/aromatic N) is 4. The number of hydrogen-bond donors (Lipinski definition) is 2. The molecule has 1 aliphatic heterocycles. The van der Waals surface area contributed by atoms with Crippen LogP contribution in [0.4, 0.5) is 0 Å².